The summed E-state index contributed by atoms with van der Waals surface area (Å²) in [5.41, 5.74) is 0. The van der Waals surface area contributed by atoms with Gasteiger partial charge >= 0.3 is 12.0 Å². The van der Waals surface area contributed by atoms with Gasteiger partial charge in [0.25, 0.3) is 0 Å². The standard InChI is InChI=1S/C11H14ClN3O3S/c1-18-11-13-5-8(12)10(14-11)15-2-3-19-6-7(15)4-9(16)17/h5,7H,2-4,6H2,1H3,(H,16,17). The number of ether oxygens (including phenoxy) is 1. The molecule has 1 atom stereocenters. The molecule has 1 aromatic heterocycles. The van der Waals surface area contributed by atoms with Crippen LogP contribution in [0.15, 0.2) is 6.20 Å². The summed E-state index contributed by atoms with van der Waals surface area (Å²) in [6.07, 6.45) is 1.54. The SMILES string of the molecule is COc1ncc(Cl)c(N2CCSCC2CC(=O)O)n1. The number of carboxylic acids is 1. The quantitative estimate of drug-likeness (QED) is 0.904. The molecule has 1 aromatic rings. The average molecular weight is 304 g/mol. The molecule has 1 aliphatic rings. The Kier molecular flexibility index (Phi) is 4.71. The second-order valence-corrected chi connectivity index (χ2v) is 5.61. The summed E-state index contributed by atoms with van der Waals surface area (Å²) in [5, 5.41) is 9.38. The van der Waals surface area contributed by atoms with Gasteiger partial charge in [-0.15, -0.1) is 0 Å². The zero-order chi connectivity index (χ0) is 13.8. The molecule has 2 rings (SSSR count). The predicted octanol–water partition coefficient (Wildman–Crippen LogP) is 1.54. The van der Waals surface area contributed by atoms with Gasteiger partial charge in [-0.25, -0.2) is 4.98 Å². The van der Waals surface area contributed by atoms with E-state index >= 15 is 0 Å². The van der Waals surface area contributed by atoms with E-state index in [0.29, 0.717) is 17.4 Å². The van der Waals surface area contributed by atoms with E-state index in [4.69, 9.17) is 21.4 Å². The van der Waals surface area contributed by atoms with Crippen molar-refractivity contribution in [1.82, 2.24) is 9.97 Å². The summed E-state index contributed by atoms with van der Waals surface area (Å²) < 4.78 is 4.99. The molecule has 0 bridgehead atoms. The lowest BCUT2D eigenvalue weighted by molar-refractivity contribution is -0.137. The minimum Gasteiger partial charge on any atom is -0.481 e. The molecule has 0 amide bonds. The minimum absolute atomic E-state index is 0.0651. The number of rotatable bonds is 4. The van der Waals surface area contributed by atoms with Crippen LogP contribution >= 0.6 is 23.4 Å². The molecule has 6 nitrogen and oxygen atoms in total. The van der Waals surface area contributed by atoms with Gasteiger partial charge in [0.2, 0.25) is 0 Å². The molecule has 0 aromatic carbocycles. The number of carboxylic acid groups (broad SMARTS) is 1. The van der Waals surface area contributed by atoms with E-state index in [9.17, 15) is 4.79 Å². The van der Waals surface area contributed by atoms with E-state index in [2.05, 4.69) is 9.97 Å². The highest BCUT2D eigenvalue weighted by atomic mass is 35.5. The first kappa shape index (κ1) is 14.2. The minimum atomic E-state index is -0.824. The number of methoxy groups -OCH3 is 1. The lowest BCUT2D eigenvalue weighted by atomic mass is 10.2. The number of hydrogen-bond acceptors (Lipinski definition) is 6. The molecule has 2 heterocycles. The van der Waals surface area contributed by atoms with Gasteiger partial charge in [-0.05, 0) is 0 Å². The second kappa shape index (κ2) is 6.29. The van der Waals surface area contributed by atoms with E-state index in [0.717, 1.165) is 11.5 Å². The van der Waals surface area contributed by atoms with Gasteiger partial charge in [-0.3, -0.25) is 4.79 Å². The number of halogens is 1. The van der Waals surface area contributed by atoms with Crippen molar-refractivity contribution in [3.05, 3.63) is 11.2 Å². The highest BCUT2D eigenvalue weighted by Gasteiger charge is 2.28. The molecule has 1 N–H and O–H groups in total. The third-order valence-electron chi connectivity index (χ3n) is 2.80. The van der Waals surface area contributed by atoms with Crippen LogP contribution in [0.3, 0.4) is 0 Å². The van der Waals surface area contributed by atoms with Crippen molar-refractivity contribution in [3.8, 4) is 6.01 Å². The summed E-state index contributed by atoms with van der Waals surface area (Å²) in [6.45, 7) is 0.711. The maximum absolute atomic E-state index is 10.9. The maximum Gasteiger partial charge on any atom is 0.318 e. The maximum atomic E-state index is 10.9. The molecule has 19 heavy (non-hydrogen) atoms. The Balaban J connectivity index is 2.28. The number of thioether (sulfide) groups is 1. The van der Waals surface area contributed by atoms with Crippen molar-refractivity contribution in [2.45, 2.75) is 12.5 Å². The van der Waals surface area contributed by atoms with Crippen molar-refractivity contribution in [3.63, 3.8) is 0 Å². The van der Waals surface area contributed by atoms with Crippen LogP contribution < -0.4 is 9.64 Å². The van der Waals surface area contributed by atoms with Gasteiger partial charge < -0.3 is 14.7 Å². The van der Waals surface area contributed by atoms with Crippen molar-refractivity contribution in [1.29, 1.82) is 0 Å². The molecule has 1 unspecified atom stereocenters. The average Bonchev–Trinajstić information content (AvgIpc) is 2.40. The summed E-state index contributed by atoms with van der Waals surface area (Å²) in [6, 6.07) is 0.111. The molecule has 0 spiro atoms. The zero-order valence-corrected chi connectivity index (χ0v) is 11.9. The molecule has 1 aliphatic heterocycles. The van der Waals surface area contributed by atoms with E-state index < -0.39 is 5.97 Å². The Morgan fingerprint density at radius 1 is 1.74 bits per heavy atom. The largest absolute Gasteiger partial charge is 0.481 e. The number of aliphatic carboxylic acids is 1. The summed E-state index contributed by atoms with van der Waals surface area (Å²) in [4.78, 5) is 21.0. The van der Waals surface area contributed by atoms with E-state index in [1.165, 1.54) is 13.3 Å². The number of aromatic nitrogens is 2. The van der Waals surface area contributed by atoms with Gasteiger partial charge in [-0.1, -0.05) is 11.6 Å². The van der Waals surface area contributed by atoms with Crippen molar-refractivity contribution < 1.29 is 14.6 Å². The van der Waals surface area contributed by atoms with Crippen molar-refractivity contribution >= 4 is 35.1 Å². The van der Waals surface area contributed by atoms with Crippen molar-refractivity contribution in [2.75, 3.05) is 30.1 Å². The molecular formula is C11H14ClN3O3S. The first-order chi connectivity index (χ1) is 9.11. The van der Waals surface area contributed by atoms with Gasteiger partial charge in [0, 0.05) is 24.1 Å². The lowest BCUT2D eigenvalue weighted by Crippen LogP contribution is -2.44. The Morgan fingerprint density at radius 3 is 3.21 bits per heavy atom. The third kappa shape index (κ3) is 3.42. The van der Waals surface area contributed by atoms with Crippen molar-refractivity contribution in [2.24, 2.45) is 0 Å². The second-order valence-electron chi connectivity index (χ2n) is 4.05. The van der Waals surface area contributed by atoms with Gasteiger partial charge in [0.05, 0.1) is 19.7 Å². The predicted molar refractivity (Wildman–Crippen MR) is 74.3 cm³/mol. The van der Waals surface area contributed by atoms with E-state index in [-0.39, 0.29) is 18.5 Å². The molecule has 1 saturated heterocycles. The fraction of sp³-hybridized carbons (Fsp3) is 0.545. The lowest BCUT2D eigenvalue weighted by Gasteiger charge is -2.35. The summed E-state index contributed by atoms with van der Waals surface area (Å²) in [5.74, 6) is 1.38. The first-order valence-electron chi connectivity index (χ1n) is 5.74. The van der Waals surface area contributed by atoms with Crippen LogP contribution in [0.5, 0.6) is 6.01 Å². The van der Waals surface area contributed by atoms with E-state index in [1.54, 1.807) is 11.8 Å². The molecule has 0 aliphatic carbocycles. The van der Waals surface area contributed by atoms with Crippen LogP contribution in [0.2, 0.25) is 5.02 Å². The Bertz CT molecular complexity index is 474. The number of carbonyl (C=O) groups is 1. The fourth-order valence-corrected chi connectivity index (χ4v) is 3.21. The molecule has 1 fully saturated rings. The van der Waals surface area contributed by atoms with E-state index in [1.807, 2.05) is 4.90 Å². The third-order valence-corrected chi connectivity index (χ3v) is 4.15. The summed E-state index contributed by atoms with van der Waals surface area (Å²) >= 11 is 7.85. The molecular weight excluding hydrogens is 290 g/mol. The Morgan fingerprint density at radius 2 is 2.53 bits per heavy atom. The topological polar surface area (TPSA) is 75.5 Å². The van der Waals surface area contributed by atoms with Gasteiger partial charge in [-0.2, -0.15) is 16.7 Å². The first-order valence-corrected chi connectivity index (χ1v) is 7.27. The van der Waals surface area contributed by atoms with Crippen LogP contribution in [0.1, 0.15) is 6.42 Å². The summed E-state index contributed by atoms with van der Waals surface area (Å²) in [7, 11) is 1.48. The smallest absolute Gasteiger partial charge is 0.318 e. The van der Waals surface area contributed by atoms with Gasteiger partial charge in [0.15, 0.2) is 5.82 Å². The van der Waals surface area contributed by atoms with Crippen LogP contribution in [0, 0.1) is 0 Å². The highest BCUT2D eigenvalue weighted by Crippen LogP contribution is 2.30. The highest BCUT2D eigenvalue weighted by molar-refractivity contribution is 7.99. The number of anilines is 1. The number of hydrogen-bond donors (Lipinski definition) is 1. The zero-order valence-electron chi connectivity index (χ0n) is 10.4. The molecule has 0 saturated carbocycles. The molecule has 0 radical (unpaired) electrons. The van der Waals surface area contributed by atoms with Gasteiger partial charge in [0.1, 0.15) is 5.02 Å². The Hall–Kier alpha value is -1.21. The normalized spacial score (nSPS) is 19.3. The fourth-order valence-electron chi connectivity index (χ4n) is 1.95. The number of nitrogens with zero attached hydrogens (tertiary/aromatic N) is 3. The monoisotopic (exact) mass is 303 g/mol. The Labute approximate surface area is 120 Å². The van der Waals surface area contributed by atoms with Crippen LogP contribution in [-0.2, 0) is 4.79 Å². The van der Waals surface area contributed by atoms with Crippen LogP contribution in [0.4, 0.5) is 5.82 Å². The van der Waals surface area contributed by atoms with Crippen LogP contribution in [-0.4, -0.2) is 52.2 Å². The van der Waals surface area contributed by atoms with Crippen LogP contribution in [0.25, 0.3) is 0 Å². The molecule has 104 valence electrons. The molecule has 8 heteroatoms.